The van der Waals surface area contributed by atoms with E-state index in [9.17, 15) is 4.79 Å². The second-order valence-electron chi connectivity index (χ2n) is 9.33. The second kappa shape index (κ2) is 13.0. The molecule has 2 N–H and O–H groups in total. The van der Waals surface area contributed by atoms with E-state index in [1.54, 1.807) is 31.0 Å². The Bertz CT molecular complexity index is 1540. The molecule has 1 heterocycles. The van der Waals surface area contributed by atoms with E-state index in [1.165, 1.54) is 5.56 Å². The SMILES string of the molecule is COc1ccccc1NC(=O)NC(Cc1ccccc1)c1nnc(SCc2ccccc2)n1-c1ccc(C)cc1. The van der Waals surface area contributed by atoms with Crippen molar-refractivity contribution in [3.05, 3.63) is 132 Å². The van der Waals surface area contributed by atoms with Crippen molar-refractivity contribution >= 4 is 23.5 Å². The minimum Gasteiger partial charge on any atom is -0.495 e. The molecule has 202 valence electrons. The third-order valence-corrected chi connectivity index (χ3v) is 7.42. The van der Waals surface area contributed by atoms with Crippen LogP contribution in [0.2, 0.25) is 0 Å². The van der Waals surface area contributed by atoms with Crippen LogP contribution in [-0.4, -0.2) is 27.9 Å². The lowest BCUT2D eigenvalue weighted by Gasteiger charge is -2.21. The van der Waals surface area contributed by atoms with Crippen molar-refractivity contribution in [2.24, 2.45) is 0 Å². The molecule has 0 saturated heterocycles. The third-order valence-electron chi connectivity index (χ3n) is 6.42. The van der Waals surface area contributed by atoms with Gasteiger partial charge in [0.25, 0.3) is 0 Å². The Morgan fingerprint density at radius 2 is 1.50 bits per heavy atom. The largest absolute Gasteiger partial charge is 0.495 e. The van der Waals surface area contributed by atoms with Gasteiger partial charge in [-0.2, -0.15) is 0 Å². The van der Waals surface area contributed by atoms with Gasteiger partial charge in [-0.15, -0.1) is 10.2 Å². The van der Waals surface area contributed by atoms with Crippen LogP contribution in [0.15, 0.2) is 114 Å². The van der Waals surface area contributed by atoms with E-state index in [0.29, 0.717) is 23.7 Å². The van der Waals surface area contributed by atoms with Crippen LogP contribution >= 0.6 is 11.8 Å². The Balaban J connectivity index is 1.50. The van der Waals surface area contributed by atoms with Gasteiger partial charge in [0.1, 0.15) is 5.75 Å². The lowest BCUT2D eigenvalue weighted by Crippen LogP contribution is -2.35. The Hall–Kier alpha value is -4.56. The quantitative estimate of drug-likeness (QED) is 0.184. The number of carbonyl (C=O) groups excluding carboxylic acids is 1. The van der Waals surface area contributed by atoms with Crippen LogP contribution in [0.3, 0.4) is 0 Å². The predicted molar refractivity (Wildman–Crippen MR) is 160 cm³/mol. The molecule has 0 aliphatic heterocycles. The van der Waals surface area contributed by atoms with E-state index >= 15 is 0 Å². The Morgan fingerprint density at radius 3 is 2.20 bits per heavy atom. The molecule has 0 aliphatic carbocycles. The first-order chi connectivity index (χ1) is 19.6. The number of hydrogen-bond acceptors (Lipinski definition) is 5. The number of carbonyl (C=O) groups is 1. The summed E-state index contributed by atoms with van der Waals surface area (Å²) in [5.74, 6) is 1.98. The molecule has 5 aromatic rings. The van der Waals surface area contributed by atoms with Crippen molar-refractivity contribution in [1.29, 1.82) is 0 Å². The molecule has 0 spiro atoms. The van der Waals surface area contributed by atoms with Crippen molar-refractivity contribution in [3.63, 3.8) is 0 Å². The predicted octanol–water partition coefficient (Wildman–Crippen LogP) is 6.98. The van der Waals surface area contributed by atoms with E-state index in [-0.39, 0.29) is 6.03 Å². The molecule has 1 unspecified atom stereocenters. The number of rotatable bonds is 10. The first-order valence-electron chi connectivity index (χ1n) is 13.0. The van der Waals surface area contributed by atoms with Gasteiger partial charge in [-0.25, -0.2) is 4.79 Å². The third kappa shape index (κ3) is 6.71. The van der Waals surface area contributed by atoms with Crippen LogP contribution in [0.5, 0.6) is 5.75 Å². The number of aryl methyl sites for hydroxylation is 1. The van der Waals surface area contributed by atoms with Crippen molar-refractivity contribution < 1.29 is 9.53 Å². The Labute approximate surface area is 238 Å². The summed E-state index contributed by atoms with van der Waals surface area (Å²) in [6, 6.07) is 35.1. The summed E-state index contributed by atoms with van der Waals surface area (Å²) in [5, 5.41) is 16.1. The molecular weight excluding hydrogens is 518 g/mol. The number of ether oxygens (including phenoxy) is 1. The Morgan fingerprint density at radius 1 is 0.850 bits per heavy atom. The molecule has 7 nitrogen and oxygen atoms in total. The van der Waals surface area contributed by atoms with Gasteiger partial charge >= 0.3 is 6.03 Å². The van der Waals surface area contributed by atoms with Gasteiger partial charge in [0.05, 0.1) is 18.8 Å². The first kappa shape index (κ1) is 27.0. The number of anilines is 1. The average molecular weight is 550 g/mol. The fraction of sp³-hybridized carbons (Fsp3) is 0.156. The number of nitrogens with one attached hydrogen (secondary N) is 2. The molecule has 0 saturated carbocycles. The zero-order chi connectivity index (χ0) is 27.7. The summed E-state index contributed by atoms with van der Waals surface area (Å²) >= 11 is 1.61. The van der Waals surface area contributed by atoms with Crippen molar-refractivity contribution in [3.8, 4) is 11.4 Å². The molecule has 40 heavy (non-hydrogen) atoms. The number of amides is 2. The highest BCUT2D eigenvalue weighted by atomic mass is 32.2. The molecule has 4 aromatic carbocycles. The monoisotopic (exact) mass is 549 g/mol. The van der Waals surface area contributed by atoms with E-state index < -0.39 is 6.04 Å². The fourth-order valence-corrected chi connectivity index (χ4v) is 5.30. The van der Waals surface area contributed by atoms with Gasteiger partial charge in [-0.3, -0.25) is 4.57 Å². The van der Waals surface area contributed by atoms with Gasteiger partial charge in [-0.1, -0.05) is 102 Å². The molecule has 1 atom stereocenters. The number of para-hydroxylation sites is 2. The first-order valence-corrected chi connectivity index (χ1v) is 14.0. The number of hydrogen-bond donors (Lipinski definition) is 2. The molecule has 0 aliphatic rings. The minimum absolute atomic E-state index is 0.359. The van der Waals surface area contributed by atoms with Gasteiger partial charge in [0, 0.05) is 17.9 Å². The van der Waals surface area contributed by atoms with Crippen LogP contribution < -0.4 is 15.4 Å². The molecule has 5 rings (SSSR count). The normalized spacial score (nSPS) is 11.6. The topological polar surface area (TPSA) is 81.1 Å². The van der Waals surface area contributed by atoms with Crippen molar-refractivity contribution in [2.45, 2.75) is 30.3 Å². The van der Waals surface area contributed by atoms with E-state index in [2.05, 4.69) is 64.2 Å². The maximum absolute atomic E-state index is 13.3. The molecule has 0 radical (unpaired) electrons. The number of nitrogens with zero attached hydrogens (tertiary/aromatic N) is 3. The molecule has 2 amide bonds. The van der Waals surface area contributed by atoms with E-state index in [1.807, 2.05) is 65.2 Å². The lowest BCUT2D eigenvalue weighted by molar-refractivity contribution is 0.247. The van der Waals surface area contributed by atoms with Gasteiger partial charge in [0.2, 0.25) is 0 Å². The van der Waals surface area contributed by atoms with Crippen LogP contribution in [0.4, 0.5) is 10.5 Å². The van der Waals surface area contributed by atoms with E-state index in [4.69, 9.17) is 4.74 Å². The maximum atomic E-state index is 13.3. The highest BCUT2D eigenvalue weighted by Crippen LogP contribution is 2.30. The van der Waals surface area contributed by atoms with Crippen LogP contribution in [0.1, 0.15) is 28.6 Å². The standard InChI is InChI=1S/C32H31N5O2S/c1-23-17-19-26(20-18-23)37-30(35-36-32(37)40-22-25-13-7-4-8-14-25)28(21-24-11-5-3-6-12-24)34-31(38)33-27-15-9-10-16-29(27)39-2/h3-20,28H,21-22H2,1-2H3,(H2,33,34,38). The van der Waals surface area contributed by atoms with Crippen molar-refractivity contribution in [1.82, 2.24) is 20.1 Å². The summed E-state index contributed by atoms with van der Waals surface area (Å²) in [5.41, 5.74) is 4.95. The van der Waals surface area contributed by atoms with E-state index in [0.717, 1.165) is 27.7 Å². The molecule has 0 bridgehead atoms. The summed E-state index contributed by atoms with van der Waals surface area (Å²) in [6.07, 6.45) is 0.535. The lowest BCUT2D eigenvalue weighted by atomic mass is 10.1. The molecule has 0 fully saturated rings. The second-order valence-corrected chi connectivity index (χ2v) is 10.3. The fourth-order valence-electron chi connectivity index (χ4n) is 4.38. The van der Waals surface area contributed by atoms with Crippen LogP contribution in [-0.2, 0) is 12.2 Å². The van der Waals surface area contributed by atoms with Crippen LogP contribution in [0.25, 0.3) is 5.69 Å². The number of methoxy groups -OCH3 is 1. The summed E-state index contributed by atoms with van der Waals surface area (Å²) in [4.78, 5) is 13.3. The average Bonchev–Trinajstić information content (AvgIpc) is 3.41. The summed E-state index contributed by atoms with van der Waals surface area (Å²) in [7, 11) is 1.58. The zero-order valence-electron chi connectivity index (χ0n) is 22.5. The smallest absolute Gasteiger partial charge is 0.319 e. The highest BCUT2D eigenvalue weighted by molar-refractivity contribution is 7.98. The van der Waals surface area contributed by atoms with Crippen molar-refractivity contribution in [2.75, 3.05) is 12.4 Å². The summed E-state index contributed by atoms with van der Waals surface area (Å²) < 4.78 is 7.46. The van der Waals surface area contributed by atoms with Gasteiger partial charge < -0.3 is 15.4 Å². The summed E-state index contributed by atoms with van der Waals surface area (Å²) in [6.45, 7) is 2.06. The molecule has 1 aromatic heterocycles. The maximum Gasteiger partial charge on any atom is 0.319 e. The Kier molecular flexibility index (Phi) is 8.78. The highest BCUT2D eigenvalue weighted by Gasteiger charge is 2.25. The number of aromatic nitrogens is 3. The minimum atomic E-state index is -0.461. The molecular formula is C32H31N5O2S. The zero-order valence-corrected chi connectivity index (χ0v) is 23.3. The molecule has 8 heteroatoms. The van der Waals surface area contributed by atoms with Gasteiger partial charge in [-0.05, 0) is 42.3 Å². The number of benzene rings is 4. The number of urea groups is 1. The van der Waals surface area contributed by atoms with Crippen LogP contribution in [0, 0.1) is 6.92 Å². The number of thioether (sulfide) groups is 1. The van der Waals surface area contributed by atoms with Gasteiger partial charge in [0.15, 0.2) is 11.0 Å².